The first kappa shape index (κ1) is 16.5. The van der Waals surface area contributed by atoms with Crippen LogP contribution in [0.5, 0.6) is 0 Å². The predicted octanol–water partition coefficient (Wildman–Crippen LogP) is 8.50. The molecular formula is C33H36NO+. The van der Waals surface area contributed by atoms with E-state index in [9.17, 15) is 0 Å². The normalized spacial score (nSPS) is 20.1. The van der Waals surface area contributed by atoms with E-state index in [-0.39, 0.29) is 22.0 Å². The lowest BCUT2D eigenvalue weighted by Gasteiger charge is -2.42. The first-order valence-corrected chi connectivity index (χ1v) is 12.4. The summed E-state index contributed by atoms with van der Waals surface area (Å²) in [4.78, 5) is 0. The summed E-state index contributed by atoms with van der Waals surface area (Å²) in [6, 6.07) is 13.4. The minimum absolute atomic E-state index is 0.00227. The molecule has 6 rings (SSSR count). The van der Waals surface area contributed by atoms with Crippen molar-refractivity contribution in [2.45, 2.75) is 72.0 Å². The summed E-state index contributed by atoms with van der Waals surface area (Å²) >= 11 is 0. The van der Waals surface area contributed by atoms with Gasteiger partial charge < -0.3 is 4.42 Å². The van der Waals surface area contributed by atoms with Gasteiger partial charge in [0.15, 0.2) is 6.20 Å². The molecule has 0 aliphatic heterocycles. The van der Waals surface area contributed by atoms with Crippen molar-refractivity contribution in [2.24, 2.45) is 7.05 Å². The maximum absolute atomic E-state index is 8.44. The number of nitrogens with zero attached hydrogens (tertiary/aromatic N) is 1. The minimum Gasteiger partial charge on any atom is -0.454 e. The number of hydrogen-bond acceptors (Lipinski definition) is 1. The smallest absolute Gasteiger partial charge is 0.216 e. The van der Waals surface area contributed by atoms with Crippen molar-refractivity contribution < 1.29 is 17.2 Å². The first-order chi connectivity index (χ1) is 18.9. The average molecular weight is 469 g/mol. The molecular weight excluding hydrogens is 426 g/mol. The highest BCUT2D eigenvalue weighted by Crippen LogP contribution is 2.51. The second-order valence-electron chi connectivity index (χ2n) is 11.6. The highest BCUT2D eigenvalue weighted by molar-refractivity contribution is 6.19. The van der Waals surface area contributed by atoms with Crippen molar-refractivity contribution in [1.82, 2.24) is 0 Å². The molecule has 0 fully saturated rings. The second kappa shape index (κ2) is 7.20. The van der Waals surface area contributed by atoms with E-state index in [0.29, 0.717) is 33.4 Å². The molecule has 5 aromatic rings. The third-order valence-corrected chi connectivity index (χ3v) is 8.28. The Morgan fingerprint density at radius 3 is 2.40 bits per heavy atom. The molecule has 0 radical (unpaired) electrons. The highest BCUT2D eigenvalue weighted by atomic mass is 16.3. The SMILES string of the molecule is [2H]C([2H])([2H])c1cc[n+](C)c(-c2c(C)cc(C([2H])([2H])[2H])c3c2oc2c3ccc3ccc4c(c32)C(C)(C)CCC4(C)C)c1. The Morgan fingerprint density at radius 2 is 1.63 bits per heavy atom. The molecule has 1 aliphatic carbocycles. The van der Waals surface area contributed by atoms with Gasteiger partial charge in [0.2, 0.25) is 5.69 Å². The van der Waals surface area contributed by atoms with Crippen LogP contribution in [0.2, 0.25) is 0 Å². The Hall–Kier alpha value is -3.13. The number of aromatic nitrogens is 1. The van der Waals surface area contributed by atoms with Crippen LogP contribution in [0.3, 0.4) is 0 Å². The number of fused-ring (bicyclic) bond motifs is 7. The summed E-state index contributed by atoms with van der Waals surface area (Å²) in [5, 5.41) is 3.42. The maximum atomic E-state index is 8.44. The van der Waals surface area contributed by atoms with Gasteiger partial charge in [-0.05, 0) is 83.6 Å². The quantitative estimate of drug-likeness (QED) is 0.225. The molecule has 2 aromatic heterocycles. The van der Waals surface area contributed by atoms with E-state index in [4.69, 9.17) is 12.6 Å². The molecule has 0 atom stereocenters. The zero-order valence-corrected chi connectivity index (χ0v) is 21.4. The van der Waals surface area contributed by atoms with Crippen molar-refractivity contribution in [1.29, 1.82) is 0 Å². The first-order valence-electron chi connectivity index (χ1n) is 15.4. The van der Waals surface area contributed by atoms with Crippen LogP contribution in [0.4, 0.5) is 0 Å². The number of hydrogen-bond donors (Lipinski definition) is 0. The lowest BCUT2D eigenvalue weighted by Crippen LogP contribution is -2.34. The van der Waals surface area contributed by atoms with E-state index >= 15 is 0 Å². The number of furan rings is 1. The van der Waals surface area contributed by atoms with Crippen molar-refractivity contribution >= 4 is 32.7 Å². The summed E-state index contributed by atoms with van der Waals surface area (Å²) in [6.07, 6.45) is 3.85. The summed E-state index contributed by atoms with van der Waals surface area (Å²) in [5.74, 6) is 0. The van der Waals surface area contributed by atoms with Gasteiger partial charge in [-0.3, -0.25) is 0 Å². The summed E-state index contributed by atoms with van der Waals surface area (Å²) in [6.45, 7) is 6.36. The van der Waals surface area contributed by atoms with E-state index < -0.39 is 13.7 Å². The molecule has 0 saturated carbocycles. The zero-order chi connectivity index (χ0) is 29.9. The highest BCUT2D eigenvalue weighted by Gasteiger charge is 2.39. The van der Waals surface area contributed by atoms with Crippen LogP contribution < -0.4 is 4.57 Å². The Bertz CT molecular complexity index is 1890. The van der Waals surface area contributed by atoms with Crippen LogP contribution >= 0.6 is 0 Å². The fourth-order valence-corrected chi connectivity index (χ4v) is 6.24. The summed E-state index contributed by atoms with van der Waals surface area (Å²) in [7, 11) is 1.86. The standard InChI is InChI=1S/C33H36NO/c1-19-13-16-34(8)25(17-19)27-21(3)18-20(2)26-23-11-9-22-10-12-24-29(28(22)30(23)35-31(26)27)33(6,7)15-14-32(24,4)5/h9-13,16-18H,14-15H2,1-8H3/q+1/i1D3,2D3. The molecule has 3 aromatic carbocycles. The molecule has 1 aliphatic rings. The van der Waals surface area contributed by atoms with Crippen molar-refractivity contribution in [2.75, 3.05) is 0 Å². The van der Waals surface area contributed by atoms with Gasteiger partial charge >= 0.3 is 0 Å². The largest absolute Gasteiger partial charge is 0.454 e. The number of aryl methyl sites for hydroxylation is 4. The topological polar surface area (TPSA) is 17.0 Å². The summed E-state index contributed by atoms with van der Waals surface area (Å²) in [5.41, 5.74) is 6.18. The molecule has 0 saturated heterocycles. The van der Waals surface area contributed by atoms with Gasteiger partial charge in [0.1, 0.15) is 18.2 Å². The molecule has 0 N–H and O–H groups in total. The lowest BCUT2D eigenvalue weighted by molar-refractivity contribution is -0.660. The third-order valence-electron chi connectivity index (χ3n) is 8.28. The van der Waals surface area contributed by atoms with Crippen molar-refractivity contribution in [3.05, 3.63) is 76.5 Å². The van der Waals surface area contributed by atoms with Gasteiger partial charge in [-0.25, -0.2) is 4.57 Å². The van der Waals surface area contributed by atoms with E-state index in [1.165, 1.54) is 11.1 Å². The van der Waals surface area contributed by atoms with E-state index in [2.05, 4.69) is 45.9 Å². The van der Waals surface area contributed by atoms with E-state index in [1.807, 2.05) is 24.6 Å². The van der Waals surface area contributed by atoms with Gasteiger partial charge in [0, 0.05) is 36.5 Å². The molecule has 0 bridgehead atoms. The zero-order valence-electron chi connectivity index (χ0n) is 27.4. The third kappa shape index (κ3) is 3.12. The fraction of sp³-hybridized carbons (Fsp3) is 0.364. The maximum Gasteiger partial charge on any atom is 0.216 e. The molecule has 35 heavy (non-hydrogen) atoms. The van der Waals surface area contributed by atoms with Gasteiger partial charge in [-0.2, -0.15) is 0 Å². The number of pyridine rings is 1. The summed E-state index contributed by atoms with van der Waals surface area (Å²) < 4.78 is 58.1. The van der Waals surface area contributed by atoms with Crippen molar-refractivity contribution in [3.8, 4) is 11.3 Å². The van der Waals surface area contributed by atoms with Crippen molar-refractivity contribution in [3.63, 3.8) is 0 Å². The monoisotopic (exact) mass is 468 g/mol. The second-order valence-corrected chi connectivity index (χ2v) is 11.6. The molecule has 178 valence electrons. The van der Waals surface area contributed by atoms with Gasteiger partial charge in [0.05, 0.1) is 5.56 Å². The molecule has 2 heteroatoms. The van der Waals surface area contributed by atoms with Crippen LogP contribution in [0.15, 0.2) is 53.1 Å². The molecule has 2 heterocycles. The van der Waals surface area contributed by atoms with E-state index in [0.717, 1.165) is 29.0 Å². The Morgan fingerprint density at radius 1 is 0.857 bits per heavy atom. The Labute approximate surface area is 217 Å². The van der Waals surface area contributed by atoms with Gasteiger partial charge in [0.25, 0.3) is 0 Å². The van der Waals surface area contributed by atoms with Crippen LogP contribution in [0.25, 0.3) is 44.0 Å². The Kier molecular flexibility index (Phi) is 3.40. The number of rotatable bonds is 1. The van der Waals surface area contributed by atoms with Crippen LogP contribution in [-0.4, -0.2) is 0 Å². The number of benzene rings is 3. The molecule has 0 amide bonds. The molecule has 0 unspecified atom stereocenters. The minimum atomic E-state index is -2.37. The predicted molar refractivity (Wildman–Crippen MR) is 147 cm³/mol. The molecule has 2 nitrogen and oxygen atoms in total. The van der Waals surface area contributed by atoms with Gasteiger partial charge in [-0.15, -0.1) is 0 Å². The van der Waals surface area contributed by atoms with Crippen LogP contribution in [0.1, 0.15) is 76.6 Å². The lowest BCUT2D eigenvalue weighted by atomic mass is 9.62. The van der Waals surface area contributed by atoms with Crippen LogP contribution in [-0.2, 0) is 17.9 Å². The fourth-order valence-electron chi connectivity index (χ4n) is 6.24. The van der Waals surface area contributed by atoms with Crippen LogP contribution in [0, 0.1) is 20.6 Å². The Balaban J connectivity index is 1.84. The molecule has 0 spiro atoms. The van der Waals surface area contributed by atoms with Gasteiger partial charge in [-0.1, -0.05) is 52.0 Å². The average Bonchev–Trinajstić information content (AvgIpc) is 3.24. The van der Waals surface area contributed by atoms with E-state index in [1.54, 1.807) is 24.4 Å².